The van der Waals surface area contributed by atoms with E-state index in [4.69, 9.17) is 0 Å². The van der Waals surface area contributed by atoms with E-state index in [9.17, 15) is 8.42 Å². The van der Waals surface area contributed by atoms with Crippen LogP contribution >= 0.6 is 15.9 Å². The predicted molar refractivity (Wildman–Crippen MR) is 61.3 cm³/mol. The molecule has 2 aromatic rings. The molecule has 0 bridgehead atoms. The van der Waals surface area contributed by atoms with Crippen molar-refractivity contribution in [3.05, 3.63) is 35.1 Å². The summed E-state index contributed by atoms with van der Waals surface area (Å²) in [5.41, 5.74) is 0. The summed E-state index contributed by atoms with van der Waals surface area (Å²) in [5, 5.41) is 5.96. The van der Waals surface area contributed by atoms with Crippen molar-refractivity contribution in [3.8, 4) is 0 Å². The molecule has 1 aromatic heterocycles. The van der Waals surface area contributed by atoms with Crippen LogP contribution in [-0.2, 0) is 10.0 Å². The minimum atomic E-state index is -3.62. The molecule has 16 heavy (non-hydrogen) atoms. The Hall–Kier alpha value is -1.41. The maximum atomic E-state index is 11.8. The number of nitrogens with zero attached hydrogens (tertiary/aromatic N) is 2. The molecule has 0 fully saturated rings. The second-order valence-electron chi connectivity index (χ2n) is 2.90. The Morgan fingerprint density at radius 3 is 2.81 bits per heavy atom. The molecule has 0 saturated carbocycles. The van der Waals surface area contributed by atoms with Crippen LogP contribution in [0, 0.1) is 0 Å². The maximum absolute atomic E-state index is 11.8. The Balaban J connectivity index is 2.33. The Labute approximate surface area is 100 Å². The summed E-state index contributed by atoms with van der Waals surface area (Å²) in [4.78, 5) is 3.83. The average molecular weight is 303 g/mol. The number of sulfonamides is 1. The fourth-order valence-corrected chi connectivity index (χ4v) is 2.64. The van der Waals surface area contributed by atoms with E-state index in [2.05, 4.69) is 35.8 Å². The second kappa shape index (κ2) is 4.22. The van der Waals surface area contributed by atoms with Gasteiger partial charge in [-0.3, -0.25) is 0 Å². The van der Waals surface area contributed by atoms with Crippen molar-refractivity contribution >= 4 is 31.9 Å². The van der Waals surface area contributed by atoms with Gasteiger partial charge in [-0.15, -0.1) is 0 Å². The van der Waals surface area contributed by atoms with Crippen molar-refractivity contribution in [2.75, 3.05) is 4.72 Å². The molecule has 2 rings (SSSR count). The number of rotatable bonds is 3. The Kier molecular flexibility index (Phi) is 2.92. The van der Waals surface area contributed by atoms with Crippen LogP contribution in [0.3, 0.4) is 0 Å². The molecule has 0 aliphatic rings. The van der Waals surface area contributed by atoms with Crippen LogP contribution in [0.25, 0.3) is 0 Å². The van der Waals surface area contributed by atoms with E-state index >= 15 is 0 Å². The lowest BCUT2D eigenvalue weighted by Crippen LogP contribution is -2.13. The summed E-state index contributed by atoms with van der Waals surface area (Å²) in [7, 11) is -3.62. The van der Waals surface area contributed by atoms with Gasteiger partial charge in [-0.1, -0.05) is 22.0 Å². The molecule has 0 radical (unpaired) electrons. The number of H-pyrrole nitrogens is 1. The van der Waals surface area contributed by atoms with Crippen molar-refractivity contribution in [1.82, 2.24) is 15.2 Å². The zero-order valence-electron chi connectivity index (χ0n) is 7.88. The Morgan fingerprint density at radius 2 is 2.19 bits per heavy atom. The predicted octanol–water partition coefficient (Wildman–Crippen LogP) is 1.37. The maximum Gasteiger partial charge on any atom is 0.264 e. The van der Waals surface area contributed by atoms with Crippen LogP contribution < -0.4 is 4.72 Å². The highest BCUT2D eigenvalue weighted by Gasteiger charge is 2.15. The standard InChI is InChI=1S/C8H7BrN4O2S/c9-6-2-1-3-7(4-6)16(14,15)13-8-10-5-11-12-8/h1-5H,(H2,10,11,12,13). The van der Waals surface area contributed by atoms with Crippen molar-refractivity contribution in [1.29, 1.82) is 0 Å². The number of anilines is 1. The van der Waals surface area contributed by atoms with Crippen LogP contribution in [0.15, 0.2) is 40.0 Å². The molecule has 2 N–H and O–H groups in total. The monoisotopic (exact) mass is 302 g/mol. The summed E-state index contributed by atoms with van der Waals surface area (Å²) >= 11 is 3.20. The molecule has 0 aliphatic heterocycles. The van der Waals surface area contributed by atoms with Gasteiger partial charge in [0, 0.05) is 4.47 Å². The zero-order valence-corrected chi connectivity index (χ0v) is 10.3. The third-order valence-electron chi connectivity index (χ3n) is 1.75. The largest absolute Gasteiger partial charge is 0.264 e. The molecule has 1 aromatic carbocycles. The van der Waals surface area contributed by atoms with E-state index < -0.39 is 10.0 Å². The summed E-state index contributed by atoms with van der Waals surface area (Å²) < 4.78 is 26.6. The normalized spacial score (nSPS) is 11.3. The fraction of sp³-hybridized carbons (Fsp3) is 0. The van der Waals surface area contributed by atoms with Gasteiger partial charge in [0.1, 0.15) is 6.33 Å². The van der Waals surface area contributed by atoms with Gasteiger partial charge in [0.25, 0.3) is 10.0 Å². The zero-order chi connectivity index (χ0) is 11.6. The van der Waals surface area contributed by atoms with Crippen LogP contribution in [0.4, 0.5) is 5.95 Å². The first kappa shape index (κ1) is 11.1. The van der Waals surface area contributed by atoms with E-state index in [0.29, 0.717) is 4.47 Å². The van der Waals surface area contributed by atoms with Gasteiger partial charge >= 0.3 is 0 Å². The SMILES string of the molecule is O=S(=O)(Nc1ncn[nH]1)c1cccc(Br)c1. The minimum Gasteiger partial charge on any atom is -0.248 e. The molecule has 1 heterocycles. The van der Waals surface area contributed by atoms with Crippen molar-refractivity contribution in [3.63, 3.8) is 0 Å². The van der Waals surface area contributed by atoms with Gasteiger partial charge in [0.2, 0.25) is 5.95 Å². The average Bonchev–Trinajstić information content (AvgIpc) is 2.70. The number of nitrogens with one attached hydrogen (secondary N) is 2. The summed E-state index contributed by atoms with van der Waals surface area (Å²) in [5.74, 6) is 0.0833. The van der Waals surface area contributed by atoms with Gasteiger partial charge in [0.15, 0.2) is 0 Å². The lowest BCUT2D eigenvalue weighted by Gasteiger charge is -2.04. The summed E-state index contributed by atoms with van der Waals surface area (Å²) in [6, 6.07) is 6.37. The molecule has 6 nitrogen and oxygen atoms in total. The lowest BCUT2D eigenvalue weighted by atomic mass is 10.4. The van der Waals surface area contributed by atoms with E-state index in [0.717, 1.165) is 0 Å². The van der Waals surface area contributed by atoms with E-state index in [-0.39, 0.29) is 10.8 Å². The highest BCUT2D eigenvalue weighted by Crippen LogP contribution is 2.17. The quantitative estimate of drug-likeness (QED) is 0.896. The van der Waals surface area contributed by atoms with Gasteiger partial charge in [0.05, 0.1) is 4.90 Å². The molecule has 0 atom stereocenters. The first-order chi connectivity index (χ1) is 7.58. The van der Waals surface area contributed by atoms with Gasteiger partial charge in [-0.05, 0) is 18.2 Å². The van der Waals surface area contributed by atoms with Crippen molar-refractivity contribution in [2.45, 2.75) is 4.90 Å². The highest BCUT2D eigenvalue weighted by molar-refractivity contribution is 9.10. The Morgan fingerprint density at radius 1 is 1.38 bits per heavy atom. The van der Waals surface area contributed by atoms with Crippen molar-refractivity contribution < 1.29 is 8.42 Å². The third kappa shape index (κ3) is 2.39. The molecule has 8 heteroatoms. The number of halogens is 1. The minimum absolute atomic E-state index is 0.0833. The van der Waals surface area contributed by atoms with Gasteiger partial charge < -0.3 is 0 Å². The van der Waals surface area contributed by atoms with E-state index in [1.54, 1.807) is 12.1 Å². The fourth-order valence-electron chi connectivity index (χ4n) is 1.08. The van der Waals surface area contributed by atoms with Crippen LogP contribution in [0.2, 0.25) is 0 Å². The number of aromatic nitrogens is 3. The van der Waals surface area contributed by atoms with Crippen LogP contribution in [0.1, 0.15) is 0 Å². The summed E-state index contributed by atoms with van der Waals surface area (Å²) in [6.07, 6.45) is 1.22. The number of hydrogen-bond acceptors (Lipinski definition) is 4. The van der Waals surface area contributed by atoms with Crippen LogP contribution in [0.5, 0.6) is 0 Å². The molecular weight excluding hydrogens is 296 g/mol. The first-order valence-electron chi connectivity index (χ1n) is 4.22. The topological polar surface area (TPSA) is 87.7 Å². The van der Waals surface area contributed by atoms with E-state index in [1.807, 2.05) is 0 Å². The Bertz CT molecular complexity index is 582. The van der Waals surface area contributed by atoms with Crippen molar-refractivity contribution in [2.24, 2.45) is 0 Å². The highest BCUT2D eigenvalue weighted by atomic mass is 79.9. The number of aromatic amines is 1. The molecule has 0 aliphatic carbocycles. The smallest absolute Gasteiger partial charge is 0.248 e. The molecule has 0 spiro atoms. The number of hydrogen-bond donors (Lipinski definition) is 2. The molecular formula is C8H7BrN4O2S. The van der Waals surface area contributed by atoms with Crippen LogP contribution in [-0.4, -0.2) is 23.6 Å². The lowest BCUT2D eigenvalue weighted by molar-refractivity contribution is 0.601. The first-order valence-corrected chi connectivity index (χ1v) is 6.49. The van der Waals surface area contributed by atoms with E-state index in [1.165, 1.54) is 18.5 Å². The molecule has 84 valence electrons. The summed E-state index contributed by atoms with van der Waals surface area (Å²) in [6.45, 7) is 0. The second-order valence-corrected chi connectivity index (χ2v) is 5.50. The molecule has 0 unspecified atom stereocenters. The molecule has 0 amide bonds. The third-order valence-corrected chi connectivity index (χ3v) is 3.58. The molecule has 0 saturated heterocycles. The van der Waals surface area contributed by atoms with Gasteiger partial charge in [-0.25, -0.2) is 18.2 Å². The number of benzene rings is 1. The van der Waals surface area contributed by atoms with Gasteiger partial charge in [-0.2, -0.15) is 10.1 Å².